The first kappa shape index (κ1) is 24.3. The molecule has 1 amide bonds. The van der Waals surface area contributed by atoms with E-state index in [1.807, 2.05) is 55.4 Å². The number of halogens is 1. The highest BCUT2D eigenvalue weighted by Crippen LogP contribution is 2.38. The molecule has 0 aliphatic heterocycles. The van der Waals surface area contributed by atoms with Gasteiger partial charge in [0.05, 0.1) is 39.2 Å². The summed E-state index contributed by atoms with van der Waals surface area (Å²) in [6.07, 6.45) is 7.46. The topological polar surface area (TPSA) is 108 Å². The van der Waals surface area contributed by atoms with Crippen LogP contribution in [-0.4, -0.2) is 45.3 Å². The predicted octanol–water partition coefficient (Wildman–Crippen LogP) is 4.17. The Labute approximate surface area is 224 Å². The summed E-state index contributed by atoms with van der Waals surface area (Å²) in [6, 6.07) is 9.56. The summed E-state index contributed by atoms with van der Waals surface area (Å²) in [5.74, 6) is 0.380. The van der Waals surface area contributed by atoms with Crippen molar-refractivity contribution in [1.29, 1.82) is 0 Å². The van der Waals surface area contributed by atoms with Gasteiger partial charge in [-0.15, -0.1) is 5.10 Å². The maximum Gasteiger partial charge on any atom is 0.253 e. The molecule has 4 heterocycles. The largest absolute Gasteiger partial charge is 0.340 e. The molecular weight excluding hydrogens is 502 g/mol. The Bertz CT molecular complexity index is 1680. The second-order valence-corrected chi connectivity index (χ2v) is 10.7. The summed E-state index contributed by atoms with van der Waals surface area (Å²) >= 11 is 6.62. The second-order valence-electron chi connectivity index (χ2n) is 10.3. The van der Waals surface area contributed by atoms with Crippen molar-refractivity contribution in [3.8, 4) is 5.69 Å². The molecule has 4 aromatic heterocycles. The van der Waals surface area contributed by atoms with Crippen molar-refractivity contribution in [3.05, 3.63) is 88.0 Å². The minimum Gasteiger partial charge on any atom is -0.340 e. The van der Waals surface area contributed by atoms with Crippen LogP contribution in [0.15, 0.2) is 49.1 Å². The number of nitrogens with zero attached hydrogens (tertiary/aromatic N) is 8. The molecule has 0 radical (unpaired) electrons. The Morgan fingerprint density at radius 2 is 1.97 bits per heavy atom. The van der Waals surface area contributed by atoms with Crippen molar-refractivity contribution >= 4 is 23.0 Å². The van der Waals surface area contributed by atoms with Gasteiger partial charge in [0.25, 0.3) is 5.91 Å². The molecule has 194 valence electrons. The van der Waals surface area contributed by atoms with Gasteiger partial charge in [0.2, 0.25) is 0 Å². The lowest BCUT2D eigenvalue weighted by Gasteiger charge is -2.36. The van der Waals surface area contributed by atoms with Crippen LogP contribution in [0.4, 0.5) is 0 Å². The highest BCUT2D eigenvalue weighted by molar-refractivity contribution is 6.34. The fourth-order valence-corrected chi connectivity index (χ4v) is 5.35. The average Bonchev–Trinajstić information content (AvgIpc) is 3.62. The Balaban J connectivity index is 1.38. The Morgan fingerprint density at radius 3 is 2.68 bits per heavy atom. The van der Waals surface area contributed by atoms with Gasteiger partial charge in [0, 0.05) is 24.2 Å². The van der Waals surface area contributed by atoms with Crippen molar-refractivity contribution in [2.24, 2.45) is 0 Å². The summed E-state index contributed by atoms with van der Waals surface area (Å²) in [5, 5.41) is 21.7. The summed E-state index contributed by atoms with van der Waals surface area (Å²) in [7, 11) is 0. The van der Waals surface area contributed by atoms with Crippen LogP contribution < -0.4 is 5.32 Å². The van der Waals surface area contributed by atoms with Crippen molar-refractivity contribution in [2.75, 3.05) is 0 Å². The smallest absolute Gasteiger partial charge is 0.253 e. The van der Waals surface area contributed by atoms with E-state index in [9.17, 15) is 4.79 Å². The minimum absolute atomic E-state index is 0.144. The first-order valence-electron chi connectivity index (χ1n) is 12.6. The highest BCUT2D eigenvalue weighted by Gasteiger charge is 2.42. The standard InChI is InChI=1S/C27H28ClN9O/c1-16(2)35-14-25(31-34-35)27(10-9-23-21(12-27)24-8-5-17(3)13-36(24)33-23)30-26(38)20-7-6-19(11-22(20)28)37-15-29-18(4)32-37/h5-8,11,13-16H,9-10,12H2,1-4H3,(H,30,38). The Morgan fingerprint density at radius 1 is 1.13 bits per heavy atom. The van der Waals surface area contributed by atoms with E-state index in [0.29, 0.717) is 35.7 Å². The monoisotopic (exact) mass is 529 g/mol. The van der Waals surface area contributed by atoms with Gasteiger partial charge in [-0.25, -0.2) is 18.9 Å². The van der Waals surface area contributed by atoms with Gasteiger partial charge in [-0.3, -0.25) is 4.79 Å². The lowest BCUT2D eigenvalue weighted by molar-refractivity contribution is 0.0883. The number of pyridine rings is 1. The summed E-state index contributed by atoms with van der Waals surface area (Å²) in [6.45, 7) is 7.96. The number of carbonyl (C=O) groups excluding carboxylic acids is 1. The van der Waals surface area contributed by atoms with Crippen molar-refractivity contribution in [2.45, 2.75) is 58.5 Å². The van der Waals surface area contributed by atoms with Gasteiger partial charge < -0.3 is 5.32 Å². The number of hydrogen-bond acceptors (Lipinski definition) is 6. The van der Waals surface area contributed by atoms with Crippen LogP contribution in [0.3, 0.4) is 0 Å². The maximum atomic E-state index is 13.8. The van der Waals surface area contributed by atoms with E-state index >= 15 is 0 Å². The first-order valence-corrected chi connectivity index (χ1v) is 13.0. The van der Waals surface area contributed by atoms with Gasteiger partial charge in [-0.2, -0.15) is 10.2 Å². The molecule has 1 aromatic carbocycles. The third kappa shape index (κ3) is 4.14. The van der Waals surface area contributed by atoms with Crippen LogP contribution in [0, 0.1) is 13.8 Å². The van der Waals surface area contributed by atoms with E-state index in [1.165, 1.54) is 0 Å². The van der Waals surface area contributed by atoms with Crippen LogP contribution in [0.2, 0.25) is 5.02 Å². The molecule has 11 heteroatoms. The zero-order valence-corrected chi connectivity index (χ0v) is 22.4. The van der Waals surface area contributed by atoms with Crippen LogP contribution in [0.25, 0.3) is 11.2 Å². The molecular formula is C27H28ClN9O. The van der Waals surface area contributed by atoms with Gasteiger partial charge >= 0.3 is 0 Å². The normalized spacial score (nSPS) is 17.2. The van der Waals surface area contributed by atoms with E-state index in [4.69, 9.17) is 16.7 Å². The molecule has 0 saturated heterocycles. The van der Waals surface area contributed by atoms with E-state index in [2.05, 4.69) is 37.8 Å². The SMILES string of the molecule is Cc1ccc2c3c(nn2c1)CCC(NC(=O)c1ccc(-n2cnc(C)n2)cc1Cl)(c1cn(C(C)C)nn1)C3. The highest BCUT2D eigenvalue weighted by atomic mass is 35.5. The number of aryl methyl sites for hydroxylation is 3. The lowest BCUT2D eigenvalue weighted by atomic mass is 9.77. The molecule has 38 heavy (non-hydrogen) atoms. The van der Waals surface area contributed by atoms with Gasteiger partial charge in [-0.1, -0.05) is 22.9 Å². The number of hydrogen-bond donors (Lipinski definition) is 1. The number of rotatable bonds is 5. The number of nitrogens with one attached hydrogen (secondary N) is 1. The summed E-state index contributed by atoms with van der Waals surface area (Å²) < 4.78 is 5.38. The van der Waals surface area contributed by atoms with Crippen molar-refractivity contribution < 1.29 is 4.79 Å². The molecule has 0 spiro atoms. The molecule has 6 rings (SSSR count). The average molecular weight is 530 g/mol. The first-order chi connectivity index (χ1) is 18.2. The Kier molecular flexibility index (Phi) is 5.79. The Hall–Kier alpha value is -4.05. The quantitative estimate of drug-likeness (QED) is 0.366. The van der Waals surface area contributed by atoms with Crippen LogP contribution in [-0.2, 0) is 18.4 Å². The molecule has 1 aliphatic rings. The van der Waals surface area contributed by atoms with Crippen LogP contribution >= 0.6 is 11.6 Å². The van der Waals surface area contributed by atoms with Crippen molar-refractivity contribution in [3.63, 3.8) is 0 Å². The zero-order valence-electron chi connectivity index (χ0n) is 21.7. The molecule has 10 nitrogen and oxygen atoms in total. The summed E-state index contributed by atoms with van der Waals surface area (Å²) in [4.78, 5) is 17.9. The van der Waals surface area contributed by atoms with Gasteiger partial charge in [0.15, 0.2) is 0 Å². The summed E-state index contributed by atoms with van der Waals surface area (Å²) in [5.41, 5.74) is 5.39. The van der Waals surface area contributed by atoms with E-state index in [0.717, 1.165) is 33.7 Å². The van der Waals surface area contributed by atoms with E-state index in [1.54, 1.807) is 23.1 Å². The zero-order chi connectivity index (χ0) is 26.6. The third-order valence-electron chi connectivity index (χ3n) is 7.18. The molecule has 1 atom stereocenters. The minimum atomic E-state index is -0.767. The van der Waals surface area contributed by atoms with Gasteiger partial charge in [-0.05, 0) is 70.4 Å². The molecule has 0 fully saturated rings. The van der Waals surface area contributed by atoms with Crippen molar-refractivity contribution in [1.82, 2.24) is 44.7 Å². The van der Waals surface area contributed by atoms with Gasteiger partial charge in [0.1, 0.15) is 17.8 Å². The number of benzene rings is 1. The number of carbonyl (C=O) groups is 1. The second kappa shape index (κ2) is 9.05. The lowest BCUT2D eigenvalue weighted by Crippen LogP contribution is -2.50. The van der Waals surface area contributed by atoms with E-state index in [-0.39, 0.29) is 11.9 Å². The fraction of sp³-hybridized carbons (Fsp3) is 0.333. The van der Waals surface area contributed by atoms with E-state index < -0.39 is 5.54 Å². The fourth-order valence-electron chi connectivity index (χ4n) is 5.09. The molecule has 1 unspecified atom stereocenters. The number of aromatic nitrogens is 8. The van der Waals surface area contributed by atoms with Crippen LogP contribution in [0.5, 0.6) is 0 Å². The number of amides is 1. The van der Waals surface area contributed by atoms with Crippen LogP contribution in [0.1, 0.15) is 65.0 Å². The maximum absolute atomic E-state index is 13.8. The third-order valence-corrected chi connectivity index (χ3v) is 7.49. The molecule has 1 N–H and O–H groups in total. The molecule has 5 aromatic rings. The molecule has 0 saturated carbocycles. The molecule has 0 bridgehead atoms. The number of fused-ring (bicyclic) bond motifs is 3. The molecule has 1 aliphatic carbocycles. The predicted molar refractivity (Wildman–Crippen MR) is 143 cm³/mol.